The number of benzene rings is 1. The lowest BCUT2D eigenvalue weighted by Crippen LogP contribution is -1.94. The monoisotopic (exact) mass is 151 g/mol. The maximum Gasteiger partial charge on any atom is 0.160 e. The smallest absolute Gasteiger partial charge is 0.160 e. The highest BCUT2D eigenvalue weighted by Gasteiger charge is 1.97. The van der Waals surface area contributed by atoms with Crippen LogP contribution < -0.4 is 4.74 Å². The summed E-state index contributed by atoms with van der Waals surface area (Å²) < 4.78 is 5.17. The zero-order chi connectivity index (χ0) is 8.10. The lowest BCUT2D eigenvalue weighted by molar-refractivity contribution is 0.305. The summed E-state index contributed by atoms with van der Waals surface area (Å²) in [5, 5.41) is 9.19. The summed E-state index contributed by atoms with van der Waals surface area (Å²) in [6, 6.07) is 6.90. The Balaban J connectivity index is 2.62. The van der Waals surface area contributed by atoms with Crippen molar-refractivity contribution in [1.82, 2.24) is 0 Å². The minimum Gasteiger partial charge on any atom is -0.504 e. The molecule has 0 spiro atoms. The summed E-state index contributed by atoms with van der Waals surface area (Å²) in [6.07, 6.45) is 0.703. The van der Waals surface area contributed by atoms with Gasteiger partial charge in [-0.25, -0.2) is 0 Å². The van der Waals surface area contributed by atoms with E-state index in [4.69, 9.17) is 4.74 Å². The lowest BCUT2D eigenvalue weighted by Gasteiger charge is -2.04. The second-order valence-corrected chi connectivity index (χ2v) is 2.17. The Bertz CT molecular complexity index is 221. The van der Waals surface area contributed by atoms with Crippen LogP contribution in [-0.4, -0.2) is 11.7 Å². The van der Waals surface area contributed by atoms with E-state index in [1.807, 2.05) is 6.07 Å². The third-order valence-electron chi connectivity index (χ3n) is 1.27. The van der Waals surface area contributed by atoms with E-state index < -0.39 is 0 Å². The standard InChI is InChI=1S/C9H11O2/c1-2-7-11-9-6-4-3-5-8(9)10/h3-6,10H,1-2,7H2. The number of phenols is 1. The molecule has 0 aliphatic rings. The number of para-hydroxylation sites is 2. The Morgan fingerprint density at radius 3 is 2.73 bits per heavy atom. The average molecular weight is 151 g/mol. The normalized spacial score (nSPS) is 9.55. The molecule has 0 heterocycles. The second kappa shape index (κ2) is 3.86. The molecule has 0 unspecified atom stereocenters. The van der Waals surface area contributed by atoms with E-state index in [0.717, 1.165) is 0 Å². The highest BCUT2D eigenvalue weighted by atomic mass is 16.5. The summed E-state index contributed by atoms with van der Waals surface area (Å²) in [5.74, 6) is 0.706. The van der Waals surface area contributed by atoms with Gasteiger partial charge in [0.1, 0.15) is 0 Å². The molecule has 0 amide bonds. The molecule has 0 fully saturated rings. The first-order valence-electron chi connectivity index (χ1n) is 3.54. The number of rotatable bonds is 3. The fourth-order valence-electron chi connectivity index (χ4n) is 0.761. The van der Waals surface area contributed by atoms with Gasteiger partial charge < -0.3 is 9.84 Å². The molecule has 0 bridgehead atoms. The zero-order valence-corrected chi connectivity index (χ0v) is 6.29. The van der Waals surface area contributed by atoms with E-state index in [-0.39, 0.29) is 5.75 Å². The van der Waals surface area contributed by atoms with Crippen LogP contribution in [0.5, 0.6) is 11.5 Å². The topological polar surface area (TPSA) is 29.5 Å². The van der Waals surface area contributed by atoms with Crippen molar-refractivity contribution < 1.29 is 9.84 Å². The van der Waals surface area contributed by atoms with Crippen LogP contribution in [0, 0.1) is 6.92 Å². The van der Waals surface area contributed by atoms with Gasteiger partial charge in [-0.1, -0.05) is 12.1 Å². The maximum atomic E-state index is 9.19. The fraction of sp³-hybridized carbons (Fsp3) is 0.222. The molecule has 1 N–H and O–H groups in total. The van der Waals surface area contributed by atoms with Crippen LogP contribution >= 0.6 is 0 Å². The van der Waals surface area contributed by atoms with Gasteiger partial charge in [0, 0.05) is 0 Å². The van der Waals surface area contributed by atoms with E-state index in [1.54, 1.807) is 18.2 Å². The molecule has 1 radical (unpaired) electrons. The fourth-order valence-corrected chi connectivity index (χ4v) is 0.761. The van der Waals surface area contributed by atoms with Gasteiger partial charge in [-0.05, 0) is 25.5 Å². The molecule has 0 aliphatic heterocycles. The molecule has 1 rings (SSSR count). The predicted molar refractivity (Wildman–Crippen MR) is 43.6 cm³/mol. The van der Waals surface area contributed by atoms with E-state index >= 15 is 0 Å². The van der Waals surface area contributed by atoms with Crippen LogP contribution in [0.15, 0.2) is 24.3 Å². The molecule has 0 saturated carbocycles. The van der Waals surface area contributed by atoms with Gasteiger partial charge in [0.15, 0.2) is 11.5 Å². The quantitative estimate of drug-likeness (QED) is 0.715. The Labute approximate surface area is 66.4 Å². The number of phenolic OH excluding ortho intramolecular Hbond substituents is 1. The van der Waals surface area contributed by atoms with E-state index in [1.165, 1.54) is 0 Å². The maximum absolute atomic E-state index is 9.19. The predicted octanol–water partition coefficient (Wildman–Crippen LogP) is 2.00. The third-order valence-corrected chi connectivity index (χ3v) is 1.27. The van der Waals surface area contributed by atoms with Crippen LogP contribution in [0.1, 0.15) is 6.42 Å². The first-order chi connectivity index (χ1) is 5.34. The van der Waals surface area contributed by atoms with Gasteiger partial charge in [0.25, 0.3) is 0 Å². The molecule has 0 aliphatic carbocycles. The molecule has 0 saturated heterocycles. The van der Waals surface area contributed by atoms with Gasteiger partial charge in [-0.15, -0.1) is 0 Å². The van der Waals surface area contributed by atoms with Crippen molar-refractivity contribution in [2.75, 3.05) is 6.61 Å². The summed E-state index contributed by atoms with van der Waals surface area (Å²) in [6.45, 7) is 4.16. The molecular weight excluding hydrogens is 140 g/mol. The minimum atomic E-state index is 0.181. The molecule has 11 heavy (non-hydrogen) atoms. The van der Waals surface area contributed by atoms with Crippen molar-refractivity contribution in [2.24, 2.45) is 0 Å². The first-order valence-corrected chi connectivity index (χ1v) is 3.54. The second-order valence-electron chi connectivity index (χ2n) is 2.17. The van der Waals surface area contributed by atoms with Crippen LogP contribution in [0.3, 0.4) is 0 Å². The molecule has 1 aromatic carbocycles. The van der Waals surface area contributed by atoms with Crippen molar-refractivity contribution in [3.05, 3.63) is 31.2 Å². The van der Waals surface area contributed by atoms with Crippen molar-refractivity contribution in [3.63, 3.8) is 0 Å². The number of aromatic hydroxyl groups is 1. The van der Waals surface area contributed by atoms with E-state index in [0.29, 0.717) is 18.8 Å². The highest BCUT2D eigenvalue weighted by molar-refractivity contribution is 5.37. The van der Waals surface area contributed by atoms with Crippen molar-refractivity contribution >= 4 is 0 Å². The first kappa shape index (κ1) is 7.92. The summed E-state index contributed by atoms with van der Waals surface area (Å²) in [7, 11) is 0. The van der Waals surface area contributed by atoms with Crippen molar-refractivity contribution in [1.29, 1.82) is 0 Å². The molecule has 0 atom stereocenters. The molecular formula is C9H11O2. The Morgan fingerprint density at radius 2 is 2.09 bits per heavy atom. The van der Waals surface area contributed by atoms with E-state index in [9.17, 15) is 5.11 Å². The Morgan fingerprint density at radius 1 is 1.36 bits per heavy atom. The highest BCUT2D eigenvalue weighted by Crippen LogP contribution is 2.24. The number of hydrogen-bond acceptors (Lipinski definition) is 2. The molecule has 2 nitrogen and oxygen atoms in total. The SMILES string of the molecule is [CH2]CCOc1ccccc1O. The number of ether oxygens (including phenoxy) is 1. The molecule has 0 aromatic heterocycles. The third kappa shape index (κ3) is 2.15. The summed E-state index contributed by atoms with van der Waals surface area (Å²) in [5.41, 5.74) is 0. The van der Waals surface area contributed by atoms with Crippen molar-refractivity contribution in [3.8, 4) is 11.5 Å². The Hall–Kier alpha value is -1.18. The molecule has 1 aromatic rings. The largest absolute Gasteiger partial charge is 0.504 e. The van der Waals surface area contributed by atoms with Gasteiger partial charge in [-0.3, -0.25) is 0 Å². The van der Waals surface area contributed by atoms with E-state index in [2.05, 4.69) is 6.92 Å². The minimum absolute atomic E-state index is 0.181. The summed E-state index contributed by atoms with van der Waals surface area (Å²) in [4.78, 5) is 0. The lowest BCUT2D eigenvalue weighted by atomic mass is 10.3. The van der Waals surface area contributed by atoms with Gasteiger partial charge in [0.05, 0.1) is 6.61 Å². The van der Waals surface area contributed by atoms with Crippen LogP contribution in [-0.2, 0) is 0 Å². The zero-order valence-electron chi connectivity index (χ0n) is 6.29. The van der Waals surface area contributed by atoms with Gasteiger partial charge >= 0.3 is 0 Å². The Kier molecular flexibility index (Phi) is 2.78. The van der Waals surface area contributed by atoms with Crippen molar-refractivity contribution in [2.45, 2.75) is 6.42 Å². The number of hydrogen-bond donors (Lipinski definition) is 1. The van der Waals surface area contributed by atoms with Crippen LogP contribution in [0.4, 0.5) is 0 Å². The summed E-state index contributed by atoms with van der Waals surface area (Å²) >= 11 is 0. The van der Waals surface area contributed by atoms with Gasteiger partial charge in [0.2, 0.25) is 0 Å². The van der Waals surface area contributed by atoms with Crippen LogP contribution in [0.25, 0.3) is 0 Å². The van der Waals surface area contributed by atoms with Crippen LogP contribution in [0.2, 0.25) is 0 Å². The average Bonchev–Trinajstić information content (AvgIpc) is 2.03. The van der Waals surface area contributed by atoms with Gasteiger partial charge in [-0.2, -0.15) is 0 Å². The molecule has 59 valence electrons. The molecule has 2 heteroatoms.